The number of thiazole rings is 1. The average Bonchev–Trinajstić information content (AvgIpc) is 3.36. The molecule has 4 atom stereocenters. The largest absolute Gasteiger partial charge is 0.396 e. The molecule has 6 N–H and O–H groups in total. The number of anilines is 1. The zero-order chi connectivity index (χ0) is 22.1. The van der Waals surface area contributed by atoms with Crippen molar-refractivity contribution in [3.8, 4) is 10.6 Å². The summed E-state index contributed by atoms with van der Waals surface area (Å²) in [5, 5.41) is 36.1. The van der Waals surface area contributed by atoms with E-state index in [-0.39, 0.29) is 19.0 Å². The van der Waals surface area contributed by atoms with Crippen molar-refractivity contribution < 1.29 is 20.6 Å². The van der Waals surface area contributed by atoms with Gasteiger partial charge in [-0.25, -0.2) is 10.3 Å². The van der Waals surface area contributed by atoms with Gasteiger partial charge in [0.1, 0.15) is 16.9 Å². The fraction of sp³-hybridized carbons (Fsp3) is 0.273. The molecule has 1 aliphatic rings. The second-order valence-corrected chi connectivity index (χ2v) is 8.85. The van der Waals surface area contributed by atoms with Crippen molar-refractivity contribution in [1.82, 2.24) is 19.9 Å². The van der Waals surface area contributed by atoms with Gasteiger partial charge in [0.25, 0.3) is 0 Å². The Morgan fingerprint density at radius 3 is 2.64 bits per heavy atom. The lowest BCUT2D eigenvalue weighted by Crippen LogP contribution is -2.72. The van der Waals surface area contributed by atoms with Crippen LogP contribution in [0.4, 0.5) is 17.5 Å². The number of halogens is 1. The minimum Gasteiger partial charge on any atom is -0.396 e. The lowest BCUT2D eigenvalue weighted by atomic mass is 10.1. The first-order valence-corrected chi connectivity index (χ1v) is 11.2. The van der Waals surface area contributed by atoms with Gasteiger partial charge >= 0.3 is 5.95 Å². The predicted molar refractivity (Wildman–Crippen MR) is 128 cm³/mol. The van der Waals surface area contributed by atoms with Gasteiger partial charge in [-0.05, 0) is 24.6 Å². The molecular weight excluding hydrogens is 464 g/mol. The minimum atomic E-state index is -1.02. The van der Waals surface area contributed by atoms with Crippen LogP contribution in [0.3, 0.4) is 0 Å². The molecule has 0 spiro atoms. The molecule has 0 amide bonds. The Balaban J connectivity index is 0.00000259. The molecule has 0 radical (unpaired) electrons. The summed E-state index contributed by atoms with van der Waals surface area (Å²) in [6.07, 6.45) is 3.55. The maximum Gasteiger partial charge on any atom is 0.332 e. The third-order valence-electron chi connectivity index (χ3n) is 5.67. The first-order chi connectivity index (χ1) is 15.6. The minimum absolute atomic E-state index is 0. The van der Waals surface area contributed by atoms with Crippen molar-refractivity contribution in [3.05, 3.63) is 55.0 Å². The summed E-state index contributed by atoms with van der Waals surface area (Å²) in [4.78, 5) is 18.0. The molecule has 1 saturated carbocycles. The van der Waals surface area contributed by atoms with Crippen LogP contribution in [0.1, 0.15) is 6.42 Å². The average molecular weight is 488 g/mol. The number of hydrogen-bond donors (Lipinski definition) is 5. The molecule has 1 fully saturated rings. The van der Waals surface area contributed by atoms with E-state index < -0.39 is 24.2 Å². The fourth-order valence-corrected chi connectivity index (χ4v) is 4.93. The van der Waals surface area contributed by atoms with Crippen LogP contribution in [0.15, 0.2) is 55.0 Å². The van der Waals surface area contributed by atoms with Gasteiger partial charge < -0.3 is 20.6 Å². The number of aliphatic hydroxyl groups excluding tert-OH is 3. The van der Waals surface area contributed by atoms with E-state index in [9.17, 15) is 15.3 Å². The molecule has 11 heteroatoms. The van der Waals surface area contributed by atoms with E-state index in [2.05, 4.69) is 15.3 Å². The SMILES string of the molecule is Cl.OC[C@H]1CC(Nc2nc([NH2+]c3cccnc3)ncc2-c2nc3ccccc3s2)[C@H](O)[C@@H]1O. The second-order valence-electron chi connectivity index (χ2n) is 7.82. The summed E-state index contributed by atoms with van der Waals surface area (Å²) < 4.78 is 1.05. The Hall–Kier alpha value is -2.73. The Bertz CT molecular complexity index is 1190. The topological polar surface area (TPSA) is 141 Å². The number of benzene rings is 1. The number of aliphatic hydroxyl groups is 3. The molecule has 172 valence electrons. The summed E-state index contributed by atoms with van der Waals surface area (Å²) in [7, 11) is 0. The van der Waals surface area contributed by atoms with Crippen LogP contribution in [0.5, 0.6) is 0 Å². The third kappa shape index (κ3) is 4.81. The Kier molecular flexibility index (Phi) is 7.13. The van der Waals surface area contributed by atoms with Crippen LogP contribution >= 0.6 is 23.7 Å². The van der Waals surface area contributed by atoms with Crippen LogP contribution in [-0.4, -0.2) is 60.1 Å². The standard InChI is InChI=1S/C22H22N6O3S.ClH/c29-11-12-8-16(19(31)18(12)30)26-20-14(21-27-15-5-1-2-6-17(15)32-21)10-24-22(28-20)25-13-4-3-7-23-9-13;/h1-7,9-10,12,16,18-19,29-31H,8,11H2,(H2,24,25,26,28);1H/p+1/t12-,16?,18-,19+;/m1./s1. The highest BCUT2D eigenvalue weighted by atomic mass is 35.5. The molecular formula is C22H24ClN6O3S+. The Labute approximate surface area is 200 Å². The molecule has 0 aliphatic heterocycles. The Morgan fingerprint density at radius 1 is 1.06 bits per heavy atom. The van der Waals surface area contributed by atoms with Crippen LogP contribution in [0.2, 0.25) is 0 Å². The molecule has 5 rings (SSSR count). The van der Waals surface area contributed by atoms with Crippen molar-refractivity contribution in [2.75, 3.05) is 11.9 Å². The van der Waals surface area contributed by atoms with Crippen LogP contribution in [0, 0.1) is 5.92 Å². The highest BCUT2D eigenvalue weighted by molar-refractivity contribution is 7.21. The second kappa shape index (κ2) is 10.0. The molecule has 4 aromatic rings. The van der Waals surface area contributed by atoms with Gasteiger partial charge in [0.05, 0.1) is 34.1 Å². The van der Waals surface area contributed by atoms with Crippen LogP contribution in [-0.2, 0) is 0 Å². The van der Waals surface area contributed by atoms with Crippen molar-refractivity contribution in [1.29, 1.82) is 0 Å². The molecule has 0 bridgehead atoms. The van der Waals surface area contributed by atoms with Crippen molar-refractivity contribution in [2.45, 2.75) is 24.7 Å². The van der Waals surface area contributed by atoms with E-state index in [4.69, 9.17) is 9.97 Å². The first kappa shape index (κ1) is 23.4. The number of rotatable bonds is 6. The number of quaternary nitrogens is 1. The molecule has 0 saturated heterocycles. The molecule has 33 heavy (non-hydrogen) atoms. The number of nitrogens with zero attached hydrogens (tertiary/aromatic N) is 4. The third-order valence-corrected chi connectivity index (χ3v) is 6.74. The lowest BCUT2D eigenvalue weighted by Gasteiger charge is -2.19. The van der Waals surface area contributed by atoms with Gasteiger partial charge in [-0.3, -0.25) is 4.98 Å². The first-order valence-electron chi connectivity index (χ1n) is 10.3. The van der Waals surface area contributed by atoms with Gasteiger partial charge in [0.15, 0.2) is 5.69 Å². The molecule has 1 unspecified atom stereocenters. The number of hydrogen-bond acceptors (Lipinski definition) is 9. The van der Waals surface area contributed by atoms with E-state index in [0.717, 1.165) is 20.9 Å². The number of pyridine rings is 1. The maximum atomic E-state index is 10.5. The van der Waals surface area contributed by atoms with E-state index >= 15 is 0 Å². The van der Waals surface area contributed by atoms with Gasteiger partial charge in [-0.2, -0.15) is 9.97 Å². The van der Waals surface area contributed by atoms with E-state index in [0.29, 0.717) is 23.8 Å². The van der Waals surface area contributed by atoms with Crippen molar-refractivity contribution >= 4 is 51.4 Å². The van der Waals surface area contributed by atoms with Crippen LogP contribution < -0.4 is 10.6 Å². The number of nitrogens with two attached hydrogens (primary N) is 1. The molecule has 3 aromatic heterocycles. The molecule has 1 aliphatic carbocycles. The Morgan fingerprint density at radius 2 is 1.91 bits per heavy atom. The molecule has 1 aromatic carbocycles. The van der Waals surface area contributed by atoms with Gasteiger partial charge in [0.2, 0.25) is 0 Å². The number of fused-ring (bicyclic) bond motifs is 1. The highest BCUT2D eigenvalue weighted by Crippen LogP contribution is 2.36. The van der Waals surface area contributed by atoms with E-state index in [1.807, 2.05) is 41.7 Å². The van der Waals surface area contributed by atoms with Gasteiger partial charge in [-0.15, -0.1) is 23.7 Å². The van der Waals surface area contributed by atoms with Gasteiger partial charge in [0, 0.05) is 31.0 Å². The molecule has 3 heterocycles. The monoisotopic (exact) mass is 487 g/mol. The number of nitrogens with one attached hydrogen (secondary N) is 1. The van der Waals surface area contributed by atoms with Crippen molar-refractivity contribution in [3.63, 3.8) is 0 Å². The summed E-state index contributed by atoms with van der Waals surface area (Å²) in [5.41, 5.74) is 2.47. The number of para-hydroxylation sites is 1. The van der Waals surface area contributed by atoms with Crippen LogP contribution in [0.25, 0.3) is 20.8 Å². The smallest absolute Gasteiger partial charge is 0.332 e. The fourth-order valence-electron chi connectivity index (χ4n) is 3.95. The predicted octanol–water partition coefficient (Wildman–Crippen LogP) is 1.61. The summed E-state index contributed by atoms with van der Waals surface area (Å²) in [5.74, 6) is 0.609. The van der Waals surface area contributed by atoms with E-state index in [1.165, 1.54) is 11.3 Å². The zero-order valence-corrected chi connectivity index (χ0v) is 19.1. The van der Waals surface area contributed by atoms with Crippen molar-refractivity contribution in [2.24, 2.45) is 5.92 Å². The summed E-state index contributed by atoms with van der Waals surface area (Å²) in [6, 6.07) is 11.2. The quantitative estimate of drug-likeness (QED) is 0.276. The normalized spacial score (nSPS) is 22.3. The van der Waals surface area contributed by atoms with Gasteiger partial charge in [-0.1, -0.05) is 12.1 Å². The summed E-state index contributed by atoms with van der Waals surface area (Å²) >= 11 is 1.54. The molecule has 9 nitrogen and oxygen atoms in total. The van der Waals surface area contributed by atoms with E-state index in [1.54, 1.807) is 18.6 Å². The summed E-state index contributed by atoms with van der Waals surface area (Å²) in [6.45, 7) is -0.190. The lowest BCUT2D eigenvalue weighted by molar-refractivity contribution is -0.487. The highest BCUT2D eigenvalue weighted by Gasteiger charge is 2.41. The zero-order valence-electron chi connectivity index (χ0n) is 17.4. The maximum absolute atomic E-state index is 10.5. The number of aromatic nitrogens is 4.